The number of unbranched alkanes of at least 4 members (excludes halogenated alkanes) is 2. The van der Waals surface area contributed by atoms with E-state index in [0.29, 0.717) is 30.4 Å². The molecular weight excluding hydrogens is 642 g/mol. The van der Waals surface area contributed by atoms with Crippen LogP contribution in [0.2, 0.25) is 0 Å². The Bertz CT molecular complexity index is 1410. The highest BCUT2D eigenvalue weighted by Crippen LogP contribution is 2.58. The van der Waals surface area contributed by atoms with Gasteiger partial charge in [-0.05, 0) is 82.2 Å². The lowest BCUT2D eigenvalue weighted by Gasteiger charge is -2.28. The van der Waals surface area contributed by atoms with Gasteiger partial charge in [-0.3, -0.25) is 18.6 Å². The summed E-state index contributed by atoms with van der Waals surface area (Å²) in [5.74, 6) is -0.805. The van der Waals surface area contributed by atoms with Gasteiger partial charge in [0.05, 0.1) is 17.9 Å². The maximum Gasteiger partial charge on any atom is 0.382 e. The van der Waals surface area contributed by atoms with Crippen LogP contribution in [0.1, 0.15) is 104 Å². The number of allylic oxidation sites excluding steroid dienone is 1. The van der Waals surface area contributed by atoms with E-state index in [2.05, 4.69) is 13.5 Å². The zero-order valence-corrected chi connectivity index (χ0v) is 31.2. The van der Waals surface area contributed by atoms with Crippen LogP contribution in [0.5, 0.6) is 11.5 Å². The van der Waals surface area contributed by atoms with E-state index >= 15 is 0 Å². The smallest absolute Gasteiger partial charge is 0.382 e. The van der Waals surface area contributed by atoms with Gasteiger partial charge in [0.1, 0.15) is 11.5 Å². The van der Waals surface area contributed by atoms with Crippen molar-refractivity contribution in [3.63, 3.8) is 0 Å². The van der Waals surface area contributed by atoms with E-state index in [1.165, 1.54) is 27.7 Å². The van der Waals surface area contributed by atoms with Crippen molar-refractivity contribution in [1.82, 2.24) is 0 Å². The molecule has 0 saturated carbocycles. The fourth-order valence-corrected chi connectivity index (χ4v) is 8.52. The summed E-state index contributed by atoms with van der Waals surface area (Å²) in [6.45, 7) is 19.2. The van der Waals surface area contributed by atoms with Crippen LogP contribution < -0.4 is 9.05 Å². The summed E-state index contributed by atoms with van der Waals surface area (Å²) in [4.78, 5) is 23.3. The molecule has 0 N–H and O–H groups in total. The maximum absolute atomic E-state index is 14.3. The molecule has 12 heteroatoms. The Balaban J connectivity index is 2.95. The molecule has 0 radical (unpaired) electrons. The summed E-state index contributed by atoms with van der Waals surface area (Å²) in [7, 11) is -7.88. The van der Waals surface area contributed by atoms with Crippen molar-refractivity contribution in [2.45, 2.75) is 113 Å². The number of carbonyl (C=O) groups is 2. The second kappa shape index (κ2) is 18.6. The summed E-state index contributed by atoms with van der Waals surface area (Å²) < 4.78 is 63.3. The molecule has 0 aromatic heterocycles. The first-order chi connectivity index (χ1) is 22.0. The van der Waals surface area contributed by atoms with Crippen molar-refractivity contribution in [3.8, 4) is 22.6 Å². The van der Waals surface area contributed by atoms with Gasteiger partial charge in [-0.25, -0.2) is 9.13 Å². The van der Waals surface area contributed by atoms with Crippen LogP contribution >= 0.6 is 15.2 Å². The molecule has 4 unspecified atom stereocenters. The minimum Gasteiger partial charge on any atom is -0.436 e. The molecule has 0 aliphatic heterocycles. The van der Waals surface area contributed by atoms with Crippen molar-refractivity contribution in [2.24, 2.45) is 0 Å². The molecule has 0 saturated heterocycles. The first kappa shape index (κ1) is 40.3. The van der Waals surface area contributed by atoms with Crippen LogP contribution in [0, 0.1) is 6.92 Å². The monoisotopic (exact) mass is 694 g/mol. The van der Waals surface area contributed by atoms with Crippen molar-refractivity contribution >= 4 is 32.7 Å². The Hall–Kier alpha value is -2.90. The second-order valence-electron chi connectivity index (χ2n) is 11.7. The predicted octanol–water partition coefficient (Wildman–Crippen LogP) is 10.2. The van der Waals surface area contributed by atoms with E-state index < -0.39 is 39.7 Å². The molecule has 4 atom stereocenters. The lowest BCUT2D eigenvalue weighted by Crippen LogP contribution is -2.18. The molecule has 0 fully saturated rings. The molecule has 0 heterocycles. The Morgan fingerprint density at radius 2 is 1.26 bits per heavy atom. The topological polar surface area (TPSA) is 124 Å². The average Bonchev–Trinajstić information content (AvgIpc) is 2.91. The second-order valence-corrected chi connectivity index (χ2v) is 15.8. The van der Waals surface area contributed by atoms with Crippen LogP contribution in [0.4, 0.5) is 0 Å². The predicted molar refractivity (Wildman–Crippen MR) is 186 cm³/mol. The maximum atomic E-state index is 14.3. The molecule has 47 heavy (non-hydrogen) atoms. The average molecular weight is 695 g/mol. The van der Waals surface area contributed by atoms with Crippen molar-refractivity contribution < 1.29 is 46.3 Å². The lowest BCUT2D eigenvalue weighted by molar-refractivity contribution is -0.160. The minimum absolute atomic E-state index is 0.0345. The molecule has 0 bridgehead atoms. The van der Waals surface area contributed by atoms with Gasteiger partial charge < -0.3 is 18.5 Å². The Kier molecular flexibility index (Phi) is 15.9. The molecule has 10 nitrogen and oxygen atoms in total. The van der Waals surface area contributed by atoms with Crippen LogP contribution in [-0.2, 0) is 43.7 Å². The third-order valence-electron chi connectivity index (χ3n) is 6.85. The van der Waals surface area contributed by atoms with Crippen LogP contribution in [-0.4, -0.2) is 36.8 Å². The molecule has 262 valence electrons. The molecule has 2 aromatic carbocycles. The molecule has 0 aliphatic rings. The zero-order valence-electron chi connectivity index (χ0n) is 29.4. The number of carbonyl (C=O) groups excluding carboxylic acids is 2. The van der Waals surface area contributed by atoms with E-state index in [-0.39, 0.29) is 23.8 Å². The highest BCUT2D eigenvalue weighted by Gasteiger charge is 2.35. The van der Waals surface area contributed by atoms with Gasteiger partial charge >= 0.3 is 27.1 Å². The fraction of sp³-hybridized carbons (Fsp3) is 0.543. The van der Waals surface area contributed by atoms with E-state index in [0.717, 1.165) is 41.5 Å². The minimum atomic E-state index is -3.94. The van der Waals surface area contributed by atoms with Gasteiger partial charge in [0.25, 0.3) is 0 Å². The summed E-state index contributed by atoms with van der Waals surface area (Å²) in [6, 6.07) is 9.41. The standard InChI is InChI=1S/C35H52O10P2/c1-11-14-15-16-30-22-33(44-46(38,19-12-2)42-28(9)40-26(7)36)35(32-21-25(6)17-18-31(32)24(4)5)34(23-30)45-47(39,20-13-3)43-29(10)41-27(8)37/h17-18,21-23,28-29H,4,11-16,19-20H2,1-3,5-10H3. The number of esters is 2. The van der Waals surface area contributed by atoms with Gasteiger partial charge in [-0.1, -0.05) is 69.5 Å². The van der Waals surface area contributed by atoms with Crippen molar-refractivity contribution in [2.75, 3.05) is 12.3 Å². The van der Waals surface area contributed by atoms with Crippen molar-refractivity contribution in [1.29, 1.82) is 0 Å². The first-order valence-electron chi connectivity index (χ1n) is 16.3. The highest BCUT2D eigenvalue weighted by atomic mass is 31.2. The van der Waals surface area contributed by atoms with Crippen LogP contribution in [0.15, 0.2) is 36.9 Å². The first-order valence-corrected chi connectivity index (χ1v) is 19.7. The quantitative estimate of drug-likeness (QED) is 0.0572. The number of hydrogen-bond donors (Lipinski definition) is 0. The summed E-state index contributed by atoms with van der Waals surface area (Å²) >= 11 is 0. The number of aryl methyl sites for hydroxylation is 2. The third kappa shape index (κ3) is 12.9. The zero-order chi connectivity index (χ0) is 35.4. The van der Waals surface area contributed by atoms with Gasteiger partial charge in [0, 0.05) is 13.8 Å². The highest BCUT2D eigenvalue weighted by molar-refractivity contribution is 7.54. The Morgan fingerprint density at radius 3 is 1.66 bits per heavy atom. The SMILES string of the molecule is C=C(C)c1ccc(C)cc1-c1c(OP(=O)(CCC)OC(C)OC(C)=O)cc(CCCCC)cc1OP(=O)(CCC)OC(C)OC(C)=O. The lowest BCUT2D eigenvalue weighted by atomic mass is 9.91. The molecule has 0 spiro atoms. The van der Waals surface area contributed by atoms with Crippen LogP contribution in [0.25, 0.3) is 16.7 Å². The number of ether oxygens (including phenoxy) is 2. The summed E-state index contributed by atoms with van der Waals surface area (Å²) in [6.07, 6.45) is 2.16. The number of benzene rings is 2. The van der Waals surface area contributed by atoms with Gasteiger partial charge in [-0.2, -0.15) is 0 Å². The van der Waals surface area contributed by atoms with Gasteiger partial charge in [0.2, 0.25) is 12.6 Å². The van der Waals surface area contributed by atoms with Crippen molar-refractivity contribution in [3.05, 3.63) is 53.6 Å². The Morgan fingerprint density at radius 1 is 0.766 bits per heavy atom. The number of rotatable bonds is 20. The Labute approximate surface area is 280 Å². The van der Waals surface area contributed by atoms with E-state index in [4.69, 9.17) is 27.6 Å². The van der Waals surface area contributed by atoms with Gasteiger partial charge in [-0.15, -0.1) is 0 Å². The molecule has 2 aromatic rings. The van der Waals surface area contributed by atoms with E-state index in [1.807, 2.05) is 45.9 Å². The fourth-order valence-electron chi connectivity index (χ4n) is 5.06. The summed E-state index contributed by atoms with van der Waals surface area (Å²) in [5.41, 5.74) is 4.26. The van der Waals surface area contributed by atoms with E-state index in [9.17, 15) is 18.7 Å². The molecular formula is C35H52O10P2. The molecule has 0 aliphatic carbocycles. The summed E-state index contributed by atoms with van der Waals surface area (Å²) in [5, 5.41) is 0. The van der Waals surface area contributed by atoms with E-state index in [1.54, 1.807) is 12.1 Å². The van der Waals surface area contributed by atoms with Gasteiger partial charge in [0.15, 0.2) is 0 Å². The molecule has 2 rings (SSSR count). The number of hydrogen-bond acceptors (Lipinski definition) is 10. The third-order valence-corrected chi connectivity index (χ3v) is 11.0. The molecule has 0 amide bonds. The van der Waals surface area contributed by atoms with Crippen LogP contribution in [0.3, 0.4) is 0 Å². The largest absolute Gasteiger partial charge is 0.436 e. The normalized spacial score (nSPS) is 15.1.